The van der Waals surface area contributed by atoms with E-state index < -0.39 is 0 Å². The van der Waals surface area contributed by atoms with Gasteiger partial charge in [0, 0.05) is 5.41 Å². The molecule has 0 heterocycles. The molecule has 3 atom stereocenters. The summed E-state index contributed by atoms with van der Waals surface area (Å²) in [5.74, 6) is 3.14. The minimum atomic E-state index is 0.219. The Morgan fingerprint density at radius 3 is 1.74 bits per heavy atom. The first-order valence-electron chi connectivity index (χ1n) is 14.6. The zero-order valence-corrected chi connectivity index (χ0v) is 21.7. The molecule has 6 aromatic rings. The average Bonchev–Trinajstić information content (AvgIpc) is 2.96. The molecule has 4 bridgehead atoms. The second-order valence-electron chi connectivity index (χ2n) is 12.7. The van der Waals surface area contributed by atoms with E-state index in [0.717, 1.165) is 17.8 Å². The summed E-state index contributed by atoms with van der Waals surface area (Å²) in [6.45, 7) is 0. The largest absolute Gasteiger partial charge is 0.0616 e. The summed E-state index contributed by atoms with van der Waals surface area (Å²) in [5.41, 5.74) is 3.45. The fraction of sp³-hybridized carbons (Fsp3) is 0.263. The van der Waals surface area contributed by atoms with E-state index in [2.05, 4.69) is 109 Å². The van der Waals surface area contributed by atoms with Crippen LogP contribution < -0.4 is 0 Å². The molecule has 6 aromatic carbocycles. The van der Waals surface area contributed by atoms with Crippen LogP contribution in [0.4, 0.5) is 0 Å². The van der Waals surface area contributed by atoms with E-state index in [0.29, 0.717) is 5.92 Å². The highest BCUT2D eigenvalue weighted by Gasteiger charge is 2.58. The van der Waals surface area contributed by atoms with Crippen LogP contribution in [0.15, 0.2) is 109 Å². The molecule has 0 aliphatic heterocycles. The van der Waals surface area contributed by atoms with Crippen molar-refractivity contribution >= 4 is 43.1 Å². The topological polar surface area (TPSA) is 0 Å². The van der Waals surface area contributed by atoms with Crippen molar-refractivity contribution in [3.8, 4) is 0 Å². The molecule has 184 valence electrons. The minimum Gasteiger partial charge on any atom is -0.0616 e. The average molecular weight is 489 g/mol. The third kappa shape index (κ3) is 2.81. The first-order valence-corrected chi connectivity index (χ1v) is 14.6. The summed E-state index contributed by atoms with van der Waals surface area (Å²) in [5, 5.41) is 11.3. The number of rotatable bonds is 2. The Hall–Kier alpha value is -3.64. The van der Waals surface area contributed by atoms with Gasteiger partial charge in [-0.1, -0.05) is 109 Å². The van der Waals surface area contributed by atoms with Crippen molar-refractivity contribution < 1.29 is 0 Å². The van der Waals surface area contributed by atoms with Crippen LogP contribution in [0.1, 0.15) is 49.1 Å². The lowest BCUT2D eigenvalue weighted by atomic mass is 9.42. The van der Waals surface area contributed by atoms with Crippen LogP contribution in [0.2, 0.25) is 0 Å². The predicted molar refractivity (Wildman–Crippen MR) is 161 cm³/mol. The lowest BCUT2D eigenvalue weighted by Gasteiger charge is -2.62. The molecule has 0 amide bonds. The fourth-order valence-corrected chi connectivity index (χ4v) is 9.79. The number of hydrogen-bond acceptors (Lipinski definition) is 0. The fourth-order valence-electron chi connectivity index (χ4n) is 9.79. The molecule has 0 N–H and O–H groups in total. The summed E-state index contributed by atoms with van der Waals surface area (Å²) in [6.07, 6.45) is 6.99. The molecule has 0 nitrogen and oxygen atoms in total. The molecule has 0 aromatic heterocycles. The van der Waals surface area contributed by atoms with Gasteiger partial charge in [-0.3, -0.25) is 0 Å². The van der Waals surface area contributed by atoms with E-state index in [-0.39, 0.29) is 5.41 Å². The van der Waals surface area contributed by atoms with Gasteiger partial charge in [0.05, 0.1) is 0 Å². The Morgan fingerprint density at radius 1 is 0.447 bits per heavy atom. The molecule has 4 aliphatic carbocycles. The van der Waals surface area contributed by atoms with Crippen LogP contribution in [0.25, 0.3) is 43.1 Å². The first-order chi connectivity index (χ1) is 18.8. The van der Waals surface area contributed by atoms with Gasteiger partial charge in [0.15, 0.2) is 0 Å². The van der Waals surface area contributed by atoms with E-state index >= 15 is 0 Å². The Labute approximate surface area is 224 Å². The quantitative estimate of drug-likeness (QED) is 0.213. The first kappa shape index (κ1) is 21.3. The Kier molecular flexibility index (Phi) is 4.32. The van der Waals surface area contributed by atoms with Gasteiger partial charge in [-0.05, 0) is 110 Å². The second-order valence-corrected chi connectivity index (χ2v) is 12.7. The number of fused-ring (bicyclic) bond motifs is 6. The highest BCUT2D eigenvalue weighted by molar-refractivity contribution is 6.10. The van der Waals surface area contributed by atoms with Crippen LogP contribution in [0, 0.1) is 17.8 Å². The highest BCUT2D eigenvalue weighted by Crippen LogP contribution is 2.67. The standard InChI is InChI=1S/C38H32/c1-3-9-29-26(7-1)15-17-33-31(29)11-5-13-35(33)37-28-20-24-19-25(21-28)23-38(37,22-24)36-14-6-12-32-30-10-4-2-8-27(30)16-18-34(32)36/h1-18,24-25,28,37H,19-23H2. The Bertz CT molecular complexity index is 1880. The van der Waals surface area contributed by atoms with Crippen molar-refractivity contribution in [2.45, 2.75) is 43.4 Å². The zero-order valence-electron chi connectivity index (χ0n) is 21.7. The van der Waals surface area contributed by atoms with Crippen molar-refractivity contribution in [2.24, 2.45) is 17.8 Å². The summed E-state index contributed by atoms with van der Waals surface area (Å²) >= 11 is 0. The molecule has 3 unspecified atom stereocenters. The molecule has 4 saturated carbocycles. The lowest BCUT2D eigenvalue weighted by Crippen LogP contribution is -2.54. The third-order valence-electron chi connectivity index (χ3n) is 10.8. The summed E-state index contributed by atoms with van der Waals surface area (Å²) in [4.78, 5) is 0. The highest BCUT2D eigenvalue weighted by atomic mass is 14.6. The molecule has 0 heteroatoms. The SMILES string of the molecule is c1ccc2c(c1)ccc1c(C3C4CC5CC(C4)CC3(c3cccc4c3ccc3ccccc34)C5)cccc12. The molecule has 38 heavy (non-hydrogen) atoms. The van der Waals surface area contributed by atoms with Crippen molar-refractivity contribution in [1.82, 2.24) is 0 Å². The predicted octanol–water partition coefficient (Wildman–Crippen LogP) is 10.2. The van der Waals surface area contributed by atoms with Gasteiger partial charge in [-0.2, -0.15) is 0 Å². The molecular formula is C38H32. The maximum atomic E-state index is 2.51. The smallest absolute Gasteiger partial charge is 0.00359 e. The van der Waals surface area contributed by atoms with Gasteiger partial charge in [-0.25, -0.2) is 0 Å². The van der Waals surface area contributed by atoms with Crippen LogP contribution in [-0.2, 0) is 5.41 Å². The van der Waals surface area contributed by atoms with E-state index in [1.807, 2.05) is 0 Å². The molecule has 0 spiro atoms. The van der Waals surface area contributed by atoms with Crippen molar-refractivity contribution in [2.75, 3.05) is 0 Å². The number of benzene rings is 6. The zero-order chi connectivity index (χ0) is 24.8. The maximum absolute atomic E-state index is 2.51. The molecule has 0 saturated heterocycles. The van der Waals surface area contributed by atoms with E-state index in [1.165, 1.54) is 75.2 Å². The van der Waals surface area contributed by atoms with E-state index in [9.17, 15) is 0 Å². The van der Waals surface area contributed by atoms with Gasteiger partial charge >= 0.3 is 0 Å². The molecule has 4 fully saturated rings. The van der Waals surface area contributed by atoms with Crippen molar-refractivity contribution in [3.05, 3.63) is 120 Å². The summed E-state index contributed by atoms with van der Waals surface area (Å²) in [6, 6.07) is 41.9. The van der Waals surface area contributed by atoms with Gasteiger partial charge in [0.2, 0.25) is 0 Å². The molecular weight excluding hydrogens is 456 g/mol. The summed E-state index contributed by atoms with van der Waals surface area (Å²) in [7, 11) is 0. The van der Waals surface area contributed by atoms with Gasteiger partial charge in [-0.15, -0.1) is 0 Å². The monoisotopic (exact) mass is 488 g/mol. The van der Waals surface area contributed by atoms with Crippen LogP contribution in [0.5, 0.6) is 0 Å². The Morgan fingerprint density at radius 2 is 1.03 bits per heavy atom. The molecule has 4 aliphatic rings. The van der Waals surface area contributed by atoms with Crippen LogP contribution in [0.3, 0.4) is 0 Å². The van der Waals surface area contributed by atoms with Crippen LogP contribution >= 0.6 is 0 Å². The van der Waals surface area contributed by atoms with Gasteiger partial charge < -0.3 is 0 Å². The molecule has 10 rings (SSSR count). The Balaban J connectivity index is 1.33. The van der Waals surface area contributed by atoms with E-state index in [1.54, 1.807) is 11.1 Å². The van der Waals surface area contributed by atoms with Gasteiger partial charge in [0.25, 0.3) is 0 Å². The number of hydrogen-bond donors (Lipinski definition) is 0. The third-order valence-corrected chi connectivity index (χ3v) is 10.8. The van der Waals surface area contributed by atoms with Crippen molar-refractivity contribution in [3.63, 3.8) is 0 Å². The van der Waals surface area contributed by atoms with E-state index in [4.69, 9.17) is 0 Å². The van der Waals surface area contributed by atoms with Crippen LogP contribution in [-0.4, -0.2) is 0 Å². The summed E-state index contributed by atoms with van der Waals surface area (Å²) < 4.78 is 0. The van der Waals surface area contributed by atoms with Gasteiger partial charge in [0.1, 0.15) is 0 Å². The molecule has 0 radical (unpaired) electrons. The normalized spacial score (nSPS) is 28.1. The maximum Gasteiger partial charge on any atom is 0.00359 e. The van der Waals surface area contributed by atoms with Crippen molar-refractivity contribution in [1.29, 1.82) is 0 Å². The minimum absolute atomic E-state index is 0.219. The lowest BCUT2D eigenvalue weighted by molar-refractivity contribution is -0.0269. The second kappa shape index (κ2) is 7.70.